The molecule has 0 aliphatic rings. The van der Waals surface area contributed by atoms with E-state index in [0.29, 0.717) is 23.3 Å². The molecule has 5 heteroatoms. The molecule has 1 aromatic heterocycles. The molecule has 0 unspecified atom stereocenters. The summed E-state index contributed by atoms with van der Waals surface area (Å²) in [6.07, 6.45) is 1.64. The summed E-state index contributed by atoms with van der Waals surface area (Å²) >= 11 is 3.28. The van der Waals surface area contributed by atoms with E-state index in [9.17, 15) is 4.79 Å². The molecule has 2 aromatic rings. The molecule has 0 aliphatic heterocycles. The SMILES string of the molecule is CN(CCOc1ccccc1)C(=O)c1cccnc1Br. The molecule has 0 saturated heterocycles. The first-order valence-electron chi connectivity index (χ1n) is 6.22. The minimum absolute atomic E-state index is 0.0818. The number of ether oxygens (including phenoxy) is 1. The second-order valence-corrected chi connectivity index (χ2v) is 4.98. The lowest BCUT2D eigenvalue weighted by molar-refractivity contribution is 0.0772. The van der Waals surface area contributed by atoms with Gasteiger partial charge in [0.25, 0.3) is 5.91 Å². The Labute approximate surface area is 126 Å². The van der Waals surface area contributed by atoms with Crippen LogP contribution in [0.1, 0.15) is 10.4 Å². The van der Waals surface area contributed by atoms with Gasteiger partial charge in [-0.15, -0.1) is 0 Å². The molecule has 0 N–H and O–H groups in total. The molecule has 104 valence electrons. The van der Waals surface area contributed by atoms with Gasteiger partial charge in [-0.1, -0.05) is 18.2 Å². The van der Waals surface area contributed by atoms with Crippen molar-refractivity contribution < 1.29 is 9.53 Å². The van der Waals surface area contributed by atoms with E-state index in [1.807, 2.05) is 30.3 Å². The molecule has 1 aromatic carbocycles. The zero-order valence-electron chi connectivity index (χ0n) is 11.1. The van der Waals surface area contributed by atoms with Crippen molar-refractivity contribution in [2.45, 2.75) is 0 Å². The molecule has 1 amide bonds. The molecule has 1 heterocycles. The van der Waals surface area contributed by atoms with Crippen LogP contribution in [0.25, 0.3) is 0 Å². The maximum absolute atomic E-state index is 12.2. The van der Waals surface area contributed by atoms with Crippen LogP contribution >= 0.6 is 15.9 Å². The van der Waals surface area contributed by atoms with Crippen molar-refractivity contribution in [3.8, 4) is 5.75 Å². The summed E-state index contributed by atoms with van der Waals surface area (Å²) in [6, 6.07) is 13.0. The molecule has 0 radical (unpaired) electrons. The Morgan fingerprint density at radius 2 is 2.00 bits per heavy atom. The summed E-state index contributed by atoms with van der Waals surface area (Å²) in [5, 5.41) is 0. The average molecular weight is 335 g/mol. The minimum atomic E-state index is -0.0818. The standard InChI is InChI=1S/C15H15BrN2O2/c1-18(10-11-20-12-6-3-2-4-7-12)15(19)13-8-5-9-17-14(13)16/h2-9H,10-11H2,1H3. The van der Waals surface area contributed by atoms with Gasteiger partial charge in [-0.3, -0.25) is 4.79 Å². The van der Waals surface area contributed by atoms with Gasteiger partial charge in [-0.2, -0.15) is 0 Å². The number of aromatic nitrogens is 1. The summed E-state index contributed by atoms with van der Waals surface area (Å²) < 4.78 is 6.13. The number of benzene rings is 1. The van der Waals surface area contributed by atoms with Crippen molar-refractivity contribution in [1.82, 2.24) is 9.88 Å². The number of hydrogen-bond donors (Lipinski definition) is 0. The van der Waals surface area contributed by atoms with E-state index in [0.717, 1.165) is 5.75 Å². The molecule has 0 atom stereocenters. The zero-order valence-corrected chi connectivity index (χ0v) is 12.7. The third-order valence-electron chi connectivity index (χ3n) is 2.77. The Kier molecular flexibility index (Phi) is 5.12. The average Bonchev–Trinajstić information content (AvgIpc) is 2.48. The maximum Gasteiger partial charge on any atom is 0.256 e. The van der Waals surface area contributed by atoms with Crippen molar-refractivity contribution in [2.75, 3.05) is 20.2 Å². The highest BCUT2D eigenvalue weighted by molar-refractivity contribution is 9.10. The molecule has 4 nitrogen and oxygen atoms in total. The van der Waals surface area contributed by atoms with E-state index in [1.54, 1.807) is 30.3 Å². The summed E-state index contributed by atoms with van der Waals surface area (Å²) in [5.74, 6) is 0.720. The van der Waals surface area contributed by atoms with E-state index in [2.05, 4.69) is 20.9 Å². The van der Waals surface area contributed by atoms with Gasteiger partial charge in [0, 0.05) is 13.2 Å². The van der Waals surface area contributed by atoms with Crippen LogP contribution in [0.3, 0.4) is 0 Å². The molecule has 20 heavy (non-hydrogen) atoms. The third kappa shape index (κ3) is 3.81. The molecular weight excluding hydrogens is 320 g/mol. The van der Waals surface area contributed by atoms with Gasteiger partial charge in [-0.05, 0) is 40.2 Å². The van der Waals surface area contributed by atoms with Gasteiger partial charge in [0.2, 0.25) is 0 Å². The van der Waals surface area contributed by atoms with Crippen molar-refractivity contribution in [3.05, 3.63) is 58.8 Å². The van der Waals surface area contributed by atoms with Gasteiger partial charge in [0.15, 0.2) is 0 Å². The van der Waals surface area contributed by atoms with Crippen molar-refractivity contribution in [1.29, 1.82) is 0 Å². The monoisotopic (exact) mass is 334 g/mol. The normalized spacial score (nSPS) is 10.1. The summed E-state index contributed by atoms with van der Waals surface area (Å²) in [4.78, 5) is 17.9. The number of halogens is 1. The first kappa shape index (κ1) is 14.5. The number of nitrogens with zero attached hydrogens (tertiary/aromatic N) is 2. The fraction of sp³-hybridized carbons (Fsp3) is 0.200. The Balaban J connectivity index is 1.87. The number of carbonyl (C=O) groups is 1. The van der Waals surface area contributed by atoms with Crippen LogP contribution in [0.5, 0.6) is 5.75 Å². The molecule has 0 spiro atoms. The van der Waals surface area contributed by atoms with Crippen LogP contribution in [-0.4, -0.2) is 36.0 Å². The van der Waals surface area contributed by atoms with Crippen LogP contribution in [0.15, 0.2) is 53.3 Å². The molecule has 2 rings (SSSR count). The molecular formula is C15H15BrN2O2. The zero-order chi connectivity index (χ0) is 14.4. The fourth-order valence-corrected chi connectivity index (χ4v) is 2.09. The van der Waals surface area contributed by atoms with Gasteiger partial charge in [0.1, 0.15) is 17.0 Å². The number of hydrogen-bond acceptors (Lipinski definition) is 3. The maximum atomic E-state index is 12.2. The lowest BCUT2D eigenvalue weighted by Crippen LogP contribution is -2.31. The van der Waals surface area contributed by atoms with E-state index in [-0.39, 0.29) is 5.91 Å². The number of pyridine rings is 1. The highest BCUT2D eigenvalue weighted by Gasteiger charge is 2.14. The summed E-state index contributed by atoms with van der Waals surface area (Å²) in [5.41, 5.74) is 0.551. The number of rotatable bonds is 5. The summed E-state index contributed by atoms with van der Waals surface area (Å²) in [6.45, 7) is 0.958. The Morgan fingerprint density at radius 1 is 1.25 bits per heavy atom. The smallest absolute Gasteiger partial charge is 0.256 e. The number of amides is 1. The molecule has 0 saturated carbocycles. The lowest BCUT2D eigenvalue weighted by Gasteiger charge is -2.18. The molecule has 0 aliphatic carbocycles. The van der Waals surface area contributed by atoms with Gasteiger partial charge in [-0.25, -0.2) is 4.98 Å². The second-order valence-electron chi connectivity index (χ2n) is 4.23. The van der Waals surface area contributed by atoms with Crippen LogP contribution < -0.4 is 4.74 Å². The quantitative estimate of drug-likeness (QED) is 0.789. The van der Waals surface area contributed by atoms with Gasteiger partial charge < -0.3 is 9.64 Å². The topological polar surface area (TPSA) is 42.4 Å². The van der Waals surface area contributed by atoms with E-state index >= 15 is 0 Å². The number of para-hydroxylation sites is 1. The molecule has 0 bridgehead atoms. The van der Waals surface area contributed by atoms with Crippen LogP contribution in [0.4, 0.5) is 0 Å². The highest BCUT2D eigenvalue weighted by atomic mass is 79.9. The van der Waals surface area contributed by atoms with Gasteiger partial charge >= 0.3 is 0 Å². The van der Waals surface area contributed by atoms with Crippen LogP contribution in [0, 0.1) is 0 Å². The Morgan fingerprint density at radius 3 is 2.70 bits per heavy atom. The first-order valence-corrected chi connectivity index (χ1v) is 7.01. The first-order chi connectivity index (χ1) is 9.68. The lowest BCUT2D eigenvalue weighted by atomic mass is 10.2. The predicted octanol–water partition coefficient (Wildman–Crippen LogP) is 3.00. The Hall–Kier alpha value is -1.88. The molecule has 0 fully saturated rings. The van der Waals surface area contributed by atoms with Crippen molar-refractivity contribution in [2.24, 2.45) is 0 Å². The number of carbonyl (C=O) groups excluding carboxylic acids is 1. The van der Waals surface area contributed by atoms with Crippen LogP contribution in [0.2, 0.25) is 0 Å². The largest absolute Gasteiger partial charge is 0.492 e. The Bertz CT molecular complexity index is 575. The van der Waals surface area contributed by atoms with Crippen LogP contribution in [-0.2, 0) is 0 Å². The van der Waals surface area contributed by atoms with Crippen molar-refractivity contribution in [3.63, 3.8) is 0 Å². The van der Waals surface area contributed by atoms with E-state index in [4.69, 9.17) is 4.74 Å². The highest BCUT2D eigenvalue weighted by Crippen LogP contribution is 2.14. The fourth-order valence-electron chi connectivity index (χ4n) is 1.67. The predicted molar refractivity (Wildman–Crippen MR) is 80.8 cm³/mol. The minimum Gasteiger partial charge on any atom is -0.492 e. The van der Waals surface area contributed by atoms with Gasteiger partial charge in [0.05, 0.1) is 12.1 Å². The van der Waals surface area contributed by atoms with E-state index in [1.165, 1.54) is 0 Å². The second kappa shape index (κ2) is 7.05. The van der Waals surface area contributed by atoms with Crippen molar-refractivity contribution >= 4 is 21.8 Å². The third-order valence-corrected chi connectivity index (χ3v) is 3.41. The number of likely N-dealkylation sites (N-methyl/N-ethyl adjacent to an activating group) is 1. The van der Waals surface area contributed by atoms with E-state index < -0.39 is 0 Å². The summed E-state index contributed by atoms with van der Waals surface area (Å²) in [7, 11) is 1.75.